The molecule has 0 atom stereocenters. The Hall–Kier alpha value is -2.19. The number of halogens is 2. The molecule has 0 aliphatic rings. The lowest BCUT2D eigenvalue weighted by Gasteiger charge is -2.06. The molecule has 0 amide bonds. The third-order valence-corrected chi connectivity index (χ3v) is 2.74. The summed E-state index contributed by atoms with van der Waals surface area (Å²) >= 11 is 6.01. The normalized spacial score (nSPS) is 10.1. The summed E-state index contributed by atoms with van der Waals surface area (Å²) in [5.41, 5.74) is 6.52. The summed E-state index contributed by atoms with van der Waals surface area (Å²) in [5, 5.41) is 9.05. The molecule has 4 nitrogen and oxygen atoms in total. The zero-order valence-corrected chi connectivity index (χ0v) is 10.2. The fraction of sp³-hybridized carbons (Fsp3) is 0.0833. The molecule has 2 rings (SSSR count). The lowest BCUT2D eigenvalue weighted by Crippen LogP contribution is -2.00. The SMILES string of the molecule is Cc1cc(Cl)c(-c2ncc(C#N)c(N)n2)cc1F. The molecule has 0 saturated carbocycles. The smallest absolute Gasteiger partial charge is 0.163 e. The van der Waals surface area contributed by atoms with E-state index in [1.54, 1.807) is 6.92 Å². The molecule has 2 N–H and O–H groups in total. The van der Waals surface area contributed by atoms with Crippen molar-refractivity contribution >= 4 is 17.4 Å². The number of nitriles is 1. The van der Waals surface area contributed by atoms with Crippen molar-refractivity contribution in [1.29, 1.82) is 5.26 Å². The maximum absolute atomic E-state index is 13.5. The summed E-state index contributed by atoms with van der Waals surface area (Å²) in [4.78, 5) is 7.89. The molecule has 1 aromatic carbocycles. The fourth-order valence-electron chi connectivity index (χ4n) is 1.43. The number of aryl methyl sites for hydroxylation is 1. The zero-order chi connectivity index (χ0) is 13.3. The molecular weight excluding hydrogens is 255 g/mol. The van der Waals surface area contributed by atoms with Crippen LogP contribution in [0.1, 0.15) is 11.1 Å². The summed E-state index contributed by atoms with van der Waals surface area (Å²) in [6.07, 6.45) is 1.28. The van der Waals surface area contributed by atoms with Crippen molar-refractivity contribution in [2.75, 3.05) is 5.73 Å². The highest BCUT2D eigenvalue weighted by atomic mass is 35.5. The minimum atomic E-state index is -0.402. The molecule has 90 valence electrons. The minimum Gasteiger partial charge on any atom is -0.382 e. The molecule has 1 heterocycles. The van der Waals surface area contributed by atoms with Crippen LogP contribution in [0, 0.1) is 24.1 Å². The molecule has 0 aliphatic carbocycles. The topological polar surface area (TPSA) is 75.6 Å². The standard InChI is InChI=1S/C12H8ClFN4/c1-6-2-9(13)8(3-10(6)14)12-17-5-7(4-15)11(16)18-12/h2-3,5H,1H3,(H2,16,17,18). The van der Waals surface area contributed by atoms with E-state index in [2.05, 4.69) is 9.97 Å². The molecule has 0 aliphatic heterocycles. The van der Waals surface area contributed by atoms with Gasteiger partial charge in [-0.05, 0) is 24.6 Å². The zero-order valence-electron chi connectivity index (χ0n) is 9.41. The lowest BCUT2D eigenvalue weighted by atomic mass is 10.1. The van der Waals surface area contributed by atoms with Gasteiger partial charge in [-0.25, -0.2) is 14.4 Å². The maximum atomic E-state index is 13.5. The molecular formula is C12H8ClFN4. The van der Waals surface area contributed by atoms with Gasteiger partial charge in [-0.1, -0.05) is 11.6 Å². The molecule has 6 heteroatoms. The molecule has 18 heavy (non-hydrogen) atoms. The Morgan fingerprint density at radius 2 is 2.17 bits per heavy atom. The predicted octanol–water partition coefficient (Wildman–Crippen LogP) is 2.70. The summed E-state index contributed by atoms with van der Waals surface area (Å²) < 4.78 is 13.5. The van der Waals surface area contributed by atoms with Gasteiger partial charge in [0.25, 0.3) is 0 Å². The van der Waals surface area contributed by atoms with Gasteiger partial charge in [-0.3, -0.25) is 0 Å². The van der Waals surface area contributed by atoms with Gasteiger partial charge in [0.1, 0.15) is 23.3 Å². The van der Waals surface area contributed by atoms with Crippen LogP contribution in [0.25, 0.3) is 11.4 Å². The largest absolute Gasteiger partial charge is 0.382 e. The first kappa shape index (κ1) is 12.3. The monoisotopic (exact) mass is 262 g/mol. The van der Waals surface area contributed by atoms with E-state index in [4.69, 9.17) is 22.6 Å². The highest BCUT2D eigenvalue weighted by Crippen LogP contribution is 2.28. The number of rotatable bonds is 1. The molecule has 0 saturated heterocycles. The van der Waals surface area contributed by atoms with E-state index >= 15 is 0 Å². The van der Waals surface area contributed by atoms with Crippen LogP contribution in [0.4, 0.5) is 10.2 Å². The Bertz CT molecular complexity index is 664. The van der Waals surface area contributed by atoms with Crippen LogP contribution in [-0.4, -0.2) is 9.97 Å². The van der Waals surface area contributed by atoms with Crippen molar-refractivity contribution in [1.82, 2.24) is 9.97 Å². The lowest BCUT2D eigenvalue weighted by molar-refractivity contribution is 0.619. The van der Waals surface area contributed by atoms with Crippen LogP contribution in [0.5, 0.6) is 0 Å². The third kappa shape index (κ3) is 2.11. The molecule has 0 radical (unpaired) electrons. The van der Waals surface area contributed by atoms with Crippen LogP contribution in [0.3, 0.4) is 0 Å². The number of nitrogens with zero attached hydrogens (tertiary/aromatic N) is 3. The van der Waals surface area contributed by atoms with E-state index in [0.29, 0.717) is 16.1 Å². The van der Waals surface area contributed by atoms with Crippen molar-refractivity contribution in [3.05, 3.63) is 40.3 Å². The fourth-order valence-corrected chi connectivity index (χ4v) is 1.73. The van der Waals surface area contributed by atoms with Crippen LogP contribution in [0.2, 0.25) is 5.02 Å². The molecule has 0 bridgehead atoms. The number of benzene rings is 1. The number of anilines is 1. The van der Waals surface area contributed by atoms with Crippen molar-refractivity contribution in [3.63, 3.8) is 0 Å². The van der Waals surface area contributed by atoms with E-state index in [1.807, 2.05) is 6.07 Å². The number of hydrogen-bond acceptors (Lipinski definition) is 4. The van der Waals surface area contributed by atoms with Gasteiger partial charge >= 0.3 is 0 Å². The van der Waals surface area contributed by atoms with E-state index in [-0.39, 0.29) is 17.2 Å². The molecule has 0 spiro atoms. The summed E-state index contributed by atoms with van der Waals surface area (Å²) in [6.45, 7) is 1.61. The first-order valence-corrected chi connectivity index (χ1v) is 5.39. The van der Waals surface area contributed by atoms with Crippen molar-refractivity contribution in [2.24, 2.45) is 0 Å². The second-order valence-electron chi connectivity index (χ2n) is 3.69. The van der Waals surface area contributed by atoms with Gasteiger partial charge < -0.3 is 5.73 Å². The average Bonchev–Trinajstić information content (AvgIpc) is 2.33. The third-order valence-electron chi connectivity index (χ3n) is 2.43. The minimum absolute atomic E-state index is 0.0412. The number of aromatic nitrogens is 2. The summed E-state index contributed by atoms with van der Waals surface area (Å²) in [6, 6.07) is 4.59. The Kier molecular flexibility index (Phi) is 3.13. The van der Waals surface area contributed by atoms with E-state index in [0.717, 1.165) is 0 Å². The first-order valence-electron chi connectivity index (χ1n) is 5.01. The summed E-state index contributed by atoms with van der Waals surface area (Å²) in [7, 11) is 0. The number of nitrogens with two attached hydrogens (primary N) is 1. The number of nitrogen functional groups attached to an aromatic ring is 1. The van der Waals surface area contributed by atoms with Gasteiger partial charge in [-0.15, -0.1) is 0 Å². The second-order valence-corrected chi connectivity index (χ2v) is 4.09. The molecule has 1 aromatic heterocycles. The molecule has 0 unspecified atom stereocenters. The first-order chi connectivity index (χ1) is 8.52. The maximum Gasteiger partial charge on any atom is 0.163 e. The van der Waals surface area contributed by atoms with Crippen LogP contribution < -0.4 is 5.73 Å². The van der Waals surface area contributed by atoms with E-state index in [1.165, 1.54) is 18.3 Å². The van der Waals surface area contributed by atoms with Gasteiger partial charge in [0.15, 0.2) is 5.82 Å². The Labute approximate surface area is 108 Å². The Balaban J connectivity index is 2.60. The van der Waals surface area contributed by atoms with Crippen LogP contribution in [0.15, 0.2) is 18.3 Å². The predicted molar refractivity (Wildman–Crippen MR) is 66.3 cm³/mol. The van der Waals surface area contributed by atoms with Crippen molar-refractivity contribution < 1.29 is 4.39 Å². The molecule has 2 aromatic rings. The Morgan fingerprint density at radius 1 is 1.44 bits per heavy atom. The van der Waals surface area contributed by atoms with Crippen molar-refractivity contribution in [3.8, 4) is 17.5 Å². The highest BCUT2D eigenvalue weighted by Gasteiger charge is 2.12. The van der Waals surface area contributed by atoms with Gasteiger partial charge in [0.2, 0.25) is 0 Å². The van der Waals surface area contributed by atoms with Crippen LogP contribution in [-0.2, 0) is 0 Å². The van der Waals surface area contributed by atoms with Gasteiger partial charge in [0.05, 0.1) is 11.2 Å². The van der Waals surface area contributed by atoms with Crippen LogP contribution >= 0.6 is 11.6 Å². The summed E-state index contributed by atoms with van der Waals surface area (Å²) in [5.74, 6) is -0.170. The van der Waals surface area contributed by atoms with Crippen molar-refractivity contribution in [2.45, 2.75) is 6.92 Å². The van der Waals surface area contributed by atoms with E-state index < -0.39 is 5.82 Å². The molecule has 0 fully saturated rings. The highest BCUT2D eigenvalue weighted by molar-refractivity contribution is 6.33. The number of hydrogen-bond donors (Lipinski definition) is 1. The average molecular weight is 263 g/mol. The van der Waals surface area contributed by atoms with E-state index in [9.17, 15) is 4.39 Å². The quantitative estimate of drug-likeness (QED) is 0.857. The van der Waals surface area contributed by atoms with Gasteiger partial charge in [-0.2, -0.15) is 5.26 Å². The second kappa shape index (κ2) is 4.59. The van der Waals surface area contributed by atoms with Gasteiger partial charge in [0, 0.05) is 5.56 Å². The Morgan fingerprint density at radius 3 is 2.78 bits per heavy atom.